The lowest BCUT2D eigenvalue weighted by Crippen LogP contribution is -3.13. The smallest absolute Gasteiger partial charge is 0.103 e. The van der Waals surface area contributed by atoms with Crippen molar-refractivity contribution in [2.75, 3.05) is 31.1 Å². The van der Waals surface area contributed by atoms with E-state index >= 15 is 0 Å². The molecule has 1 saturated heterocycles. The lowest BCUT2D eigenvalue weighted by atomic mass is 10.0. The van der Waals surface area contributed by atoms with Crippen LogP contribution in [-0.4, -0.2) is 26.2 Å². The van der Waals surface area contributed by atoms with Crippen LogP contribution in [0.25, 0.3) is 0 Å². The van der Waals surface area contributed by atoms with Crippen LogP contribution in [0, 0.1) is 0 Å². The van der Waals surface area contributed by atoms with Crippen molar-refractivity contribution >= 4 is 5.69 Å². The predicted octanol–water partition coefficient (Wildman–Crippen LogP) is 2.72. The minimum Gasteiger partial charge on any atom is -0.360 e. The fraction of sp³-hybridized carbons (Fsp3) is 0.400. The Morgan fingerprint density at radius 1 is 0.909 bits per heavy atom. The Bertz CT molecular complexity index is 566. The third kappa shape index (κ3) is 3.69. The maximum atomic E-state index is 2.51. The van der Waals surface area contributed by atoms with Crippen molar-refractivity contribution < 1.29 is 4.90 Å². The summed E-state index contributed by atoms with van der Waals surface area (Å²) in [5, 5.41) is 0. The fourth-order valence-electron chi connectivity index (χ4n) is 3.21. The SMILES string of the molecule is CC(C)c1ccc(C[NH+]2CCN(c3ccccc3)CC2)cc1. The molecule has 1 aliphatic rings. The molecule has 1 N–H and O–H groups in total. The summed E-state index contributed by atoms with van der Waals surface area (Å²) >= 11 is 0. The predicted molar refractivity (Wildman–Crippen MR) is 93.6 cm³/mol. The van der Waals surface area contributed by atoms with E-state index in [0.717, 1.165) is 19.6 Å². The minimum atomic E-state index is 0.621. The number of nitrogens with one attached hydrogen (secondary N) is 1. The summed E-state index contributed by atoms with van der Waals surface area (Å²) in [6.07, 6.45) is 0. The molecule has 0 saturated carbocycles. The van der Waals surface area contributed by atoms with Crippen LogP contribution in [0.4, 0.5) is 5.69 Å². The zero-order chi connectivity index (χ0) is 15.4. The van der Waals surface area contributed by atoms with Gasteiger partial charge < -0.3 is 9.80 Å². The van der Waals surface area contributed by atoms with Gasteiger partial charge >= 0.3 is 0 Å². The summed E-state index contributed by atoms with van der Waals surface area (Å²) in [6, 6.07) is 20.0. The molecule has 0 unspecified atom stereocenters. The number of quaternary nitrogens is 1. The molecular formula is C20H27N2+. The van der Waals surface area contributed by atoms with Gasteiger partial charge in [-0.2, -0.15) is 0 Å². The van der Waals surface area contributed by atoms with E-state index in [0.29, 0.717) is 5.92 Å². The van der Waals surface area contributed by atoms with E-state index in [1.807, 2.05) is 0 Å². The number of anilines is 1. The van der Waals surface area contributed by atoms with Crippen molar-refractivity contribution in [2.45, 2.75) is 26.3 Å². The van der Waals surface area contributed by atoms with Gasteiger partial charge in [0, 0.05) is 11.3 Å². The number of hydrogen-bond donors (Lipinski definition) is 1. The third-order valence-electron chi connectivity index (χ3n) is 4.69. The van der Waals surface area contributed by atoms with E-state index in [9.17, 15) is 0 Å². The van der Waals surface area contributed by atoms with Gasteiger partial charge in [-0.05, 0) is 23.6 Å². The lowest BCUT2D eigenvalue weighted by molar-refractivity contribution is -0.914. The van der Waals surface area contributed by atoms with E-state index in [1.54, 1.807) is 4.90 Å². The van der Waals surface area contributed by atoms with Crippen molar-refractivity contribution in [1.82, 2.24) is 0 Å². The number of benzene rings is 2. The van der Waals surface area contributed by atoms with Gasteiger partial charge in [-0.25, -0.2) is 0 Å². The monoisotopic (exact) mass is 295 g/mol. The Kier molecular flexibility index (Phi) is 4.79. The van der Waals surface area contributed by atoms with Gasteiger partial charge in [0.2, 0.25) is 0 Å². The second kappa shape index (κ2) is 6.97. The Morgan fingerprint density at radius 2 is 1.55 bits per heavy atom. The van der Waals surface area contributed by atoms with Gasteiger partial charge in [0.05, 0.1) is 26.2 Å². The van der Waals surface area contributed by atoms with Crippen LogP contribution in [0.1, 0.15) is 30.9 Å². The molecule has 22 heavy (non-hydrogen) atoms. The van der Waals surface area contributed by atoms with Gasteiger partial charge in [0.25, 0.3) is 0 Å². The molecule has 0 bridgehead atoms. The molecule has 0 spiro atoms. The molecule has 0 amide bonds. The van der Waals surface area contributed by atoms with Crippen molar-refractivity contribution in [2.24, 2.45) is 0 Å². The number of piperazine rings is 1. The summed E-state index contributed by atoms with van der Waals surface area (Å²) in [6.45, 7) is 10.4. The van der Waals surface area contributed by atoms with Crippen LogP contribution in [-0.2, 0) is 6.54 Å². The summed E-state index contributed by atoms with van der Waals surface area (Å²) in [7, 11) is 0. The molecule has 1 aliphatic heterocycles. The Balaban J connectivity index is 1.53. The average Bonchev–Trinajstić information content (AvgIpc) is 2.57. The van der Waals surface area contributed by atoms with E-state index in [4.69, 9.17) is 0 Å². The van der Waals surface area contributed by atoms with Crippen LogP contribution in [0.3, 0.4) is 0 Å². The van der Waals surface area contributed by atoms with E-state index in [2.05, 4.69) is 73.3 Å². The molecule has 2 aromatic rings. The van der Waals surface area contributed by atoms with Gasteiger partial charge in [-0.3, -0.25) is 0 Å². The zero-order valence-electron chi connectivity index (χ0n) is 13.8. The first kappa shape index (κ1) is 15.1. The normalized spacial score (nSPS) is 16.2. The maximum Gasteiger partial charge on any atom is 0.103 e. The molecule has 2 nitrogen and oxygen atoms in total. The van der Waals surface area contributed by atoms with Crippen LogP contribution in [0.5, 0.6) is 0 Å². The molecule has 0 radical (unpaired) electrons. The van der Waals surface area contributed by atoms with Gasteiger partial charge in [0.15, 0.2) is 0 Å². The minimum absolute atomic E-state index is 0.621. The van der Waals surface area contributed by atoms with Crippen LogP contribution < -0.4 is 9.80 Å². The van der Waals surface area contributed by atoms with Crippen LogP contribution >= 0.6 is 0 Å². The fourth-order valence-corrected chi connectivity index (χ4v) is 3.21. The first-order valence-electron chi connectivity index (χ1n) is 8.45. The van der Waals surface area contributed by atoms with E-state index < -0.39 is 0 Å². The molecule has 2 heteroatoms. The number of para-hydroxylation sites is 1. The number of rotatable bonds is 4. The quantitative estimate of drug-likeness (QED) is 0.911. The second-order valence-corrected chi connectivity index (χ2v) is 6.65. The molecule has 3 rings (SSSR count). The lowest BCUT2D eigenvalue weighted by Gasteiger charge is -2.33. The van der Waals surface area contributed by atoms with Crippen molar-refractivity contribution in [3.63, 3.8) is 0 Å². The summed E-state index contributed by atoms with van der Waals surface area (Å²) in [5.74, 6) is 0.621. The summed E-state index contributed by atoms with van der Waals surface area (Å²) in [4.78, 5) is 4.20. The van der Waals surface area contributed by atoms with E-state index in [-0.39, 0.29) is 0 Å². The highest BCUT2D eigenvalue weighted by Crippen LogP contribution is 2.15. The topological polar surface area (TPSA) is 7.68 Å². The van der Waals surface area contributed by atoms with E-state index in [1.165, 1.54) is 29.9 Å². The first-order chi connectivity index (χ1) is 10.7. The van der Waals surface area contributed by atoms with Crippen molar-refractivity contribution in [3.05, 3.63) is 65.7 Å². The van der Waals surface area contributed by atoms with Crippen LogP contribution in [0.2, 0.25) is 0 Å². The average molecular weight is 295 g/mol. The molecule has 0 aromatic heterocycles. The Morgan fingerprint density at radius 3 is 2.14 bits per heavy atom. The molecule has 2 aromatic carbocycles. The molecule has 1 heterocycles. The van der Waals surface area contributed by atoms with Gasteiger partial charge in [-0.1, -0.05) is 56.3 Å². The van der Waals surface area contributed by atoms with Gasteiger partial charge in [-0.15, -0.1) is 0 Å². The highest BCUT2D eigenvalue weighted by atomic mass is 15.3. The number of hydrogen-bond acceptors (Lipinski definition) is 1. The molecular weight excluding hydrogens is 268 g/mol. The third-order valence-corrected chi connectivity index (χ3v) is 4.69. The largest absolute Gasteiger partial charge is 0.360 e. The number of nitrogens with zero attached hydrogens (tertiary/aromatic N) is 1. The highest BCUT2D eigenvalue weighted by molar-refractivity contribution is 5.46. The summed E-state index contributed by atoms with van der Waals surface area (Å²) in [5.41, 5.74) is 4.27. The Hall–Kier alpha value is -1.80. The molecule has 0 atom stereocenters. The maximum absolute atomic E-state index is 2.51. The standard InChI is InChI=1S/C20H26N2/c1-17(2)19-10-8-18(9-11-19)16-21-12-14-22(15-13-21)20-6-4-3-5-7-20/h3-11,17H,12-16H2,1-2H3/p+1. The van der Waals surface area contributed by atoms with Gasteiger partial charge in [0.1, 0.15) is 6.54 Å². The first-order valence-corrected chi connectivity index (χ1v) is 8.45. The second-order valence-electron chi connectivity index (χ2n) is 6.65. The summed E-state index contributed by atoms with van der Waals surface area (Å²) < 4.78 is 0. The molecule has 1 fully saturated rings. The zero-order valence-corrected chi connectivity index (χ0v) is 13.8. The van der Waals surface area contributed by atoms with Crippen molar-refractivity contribution in [1.29, 1.82) is 0 Å². The Labute approximate surface area is 134 Å². The molecule has 116 valence electrons. The van der Waals surface area contributed by atoms with Crippen molar-refractivity contribution in [3.8, 4) is 0 Å². The molecule has 0 aliphatic carbocycles. The highest BCUT2D eigenvalue weighted by Gasteiger charge is 2.20. The van der Waals surface area contributed by atoms with Crippen LogP contribution in [0.15, 0.2) is 54.6 Å².